The summed E-state index contributed by atoms with van der Waals surface area (Å²) in [4.78, 5) is 11.4. The van der Waals surface area contributed by atoms with Crippen molar-refractivity contribution in [3.05, 3.63) is 11.9 Å². The predicted octanol–water partition coefficient (Wildman–Crippen LogP) is 1.19. The van der Waals surface area contributed by atoms with Crippen LogP contribution in [0, 0.1) is 0 Å². The van der Waals surface area contributed by atoms with E-state index in [1.54, 1.807) is 7.05 Å². The number of unbranched alkanes of at least 4 members (excludes halogenated alkanes) is 1. The zero-order valence-corrected chi connectivity index (χ0v) is 7.45. The lowest BCUT2D eigenvalue weighted by Gasteiger charge is -1.97. The van der Waals surface area contributed by atoms with Crippen LogP contribution in [0.1, 0.15) is 36.7 Å². The Morgan fingerprint density at radius 2 is 2.42 bits per heavy atom. The number of aromatic nitrogens is 3. The summed E-state index contributed by atoms with van der Waals surface area (Å²) in [7, 11) is 1.73. The van der Waals surface area contributed by atoms with E-state index in [4.69, 9.17) is 0 Å². The van der Waals surface area contributed by atoms with Gasteiger partial charge in [0.05, 0.1) is 6.20 Å². The maximum atomic E-state index is 11.4. The van der Waals surface area contributed by atoms with E-state index >= 15 is 0 Å². The van der Waals surface area contributed by atoms with Crippen molar-refractivity contribution >= 4 is 5.78 Å². The van der Waals surface area contributed by atoms with Crippen LogP contribution in [-0.2, 0) is 7.05 Å². The zero-order chi connectivity index (χ0) is 8.97. The van der Waals surface area contributed by atoms with Gasteiger partial charge in [0.1, 0.15) is 5.69 Å². The molecule has 4 nitrogen and oxygen atoms in total. The quantitative estimate of drug-likeness (QED) is 0.633. The molecule has 1 rings (SSSR count). The molecule has 66 valence electrons. The molecule has 4 heteroatoms. The minimum absolute atomic E-state index is 0.129. The van der Waals surface area contributed by atoms with Crippen LogP contribution in [-0.4, -0.2) is 20.8 Å². The fourth-order valence-corrected chi connectivity index (χ4v) is 1.01. The lowest BCUT2D eigenvalue weighted by Crippen LogP contribution is -2.06. The number of carbonyl (C=O) groups is 1. The first-order valence-electron chi connectivity index (χ1n) is 4.13. The molecule has 0 amide bonds. The Morgan fingerprint density at radius 3 is 2.92 bits per heavy atom. The number of carbonyl (C=O) groups excluding carboxylic acids is 1. The van der Waals surface area contributed by atoms with Crippen LogP contribution in [0.25, 0.3) is 0 Å². The van der Waals surface area contributed by atoms with Crippen LogP contribution in [0.4, 0.5) is 0 Å². The van der Waals surface area contributed by atoms with Crippen molar-refractivity contribution in [2.45, 2.75) is 26.2 Å². The highest BCUT2D eigenvalue weighted by Gasteiger charge is 2.09. The highest BCUT2D eigenvalue weighted by molar-refractivity contribution is 5.94. The SMILES string of the molecule is CCCCC(=O)c1cnnn1C. The van der Waals surface area contributed by atoms with Crippen LogP contribution in [0.5, 0.6) is 0 Å². The Bertz CT molecular complexity index is 267. The summed E-state index contributed by atoms with van der Waals surface area (Å²) in [6.07, 6.45) is 4.08. The maximum absolute atomic E-state index is 11.4. The van der Waals surface area contributed by atoms with Gasteiger partial charge in [0, 0.05) is 13.5 Å². The number of hydrogen-bond acceptors (Lipinski definition) is 3. The van der Waals surface area contributed by atoms with E-state index in [0.29, 0.717) is 12.1 Å². The average molecular weight is 167 g/mol. The minimum atomic E-state index is 0.129. The van der Waals surface area contributed by atoms with E-state index in [9.17, 15) is 4.79 Å². The van der Waals surface area contributed by atoms with Crippen molar-refractivity contribution in [1.82, 2.24) is 15.0 Å². The van der Waals surface area contributed by atoms with Crippen LogP contribution < -0.4 is 0 Å². The highest BCUT2D eigenvalue weighted by atomic mass is 16.1. The smallest absolute Gasteiger partial charge is 0.182 e. The number of aryl methyl sites for hydroxylation is 1. The van der Waals surface area contributed by atoms with E-state index < -0.39 is 0 Å². The fraction of sp³-hybridized carbons (Fsp3) is 0.625. The zero-order valence-electron chi connectivity index (χ0n) is 7.45. The molecule has 0 fully saturated rings. The van der Waals surface area contributed by atoms with Gasteiger partial charge in [-0.2, -0.15) is 0 Å². The Labute approximate surface area is 71.6 Å². The monoisotopic (exact) mass is 167 g/mol. The molecule has 0 aliphatic carbocycles. The molecule has 0 bridgehead atoms. The van der Waals surface area contributed by atoms with Gasteiger partial charge in [-0.3, -0.25) is 4.79 Å². The number of nitrogens with zero attached hydrogens (tertiary/aromatic N) is 3. The summed E-state index contributed by atoms with van der Waals surface area (Å²) in [6.45, 7) is 2.06. The molecular weight excluding hydrogens is 154 g/mol. The van der Waals surface area contributed by atoms with Gasteiger partial charge in [-0.05, 0) is 6.42 Å². The lowest BCUT2D eigenvalue weighted by molar-refractivity contribution is 0.0970. The third-order valence-electron chi connectivity index (χ3n) is 1.76. The van der Waals surface area contributed by atoms with Gasteiger partial charge >= 0.3 is 0 Å². The fourth-order valence-electron chi connectivity index (χ4n) is 1.01. The molecule has 1 aromatic rings. The highest BCUT2D eigenvalue weighted by Crippen LogP contribution is 2.03. The topological polar surface area (TPSA) is 47.8 Å². The molecule has 0 atom stereocenters. The Balaban J connectivity index is 2.59. The van der Waals surface area contributed by atoms with Crippen LogP contribution in [0.3, 0.4) is 0 Å². The summed E-state index contributed by atoms with van der Waals surface area (Å²) in [5, 5.41) is 7.33. The van der Waals surface area contributed by atoms with E-state index in [1.165, 1.54) is 10.9 Å². The van der Waals surface area contributed by atoms with E-state index in [0.717, 1.165) is 12.8 Å². The van der Waals surface area contributed by atoms with Crippen molar-refractivity contribution in [3.63, 3.8) is 0 Å². The molecular formula is C8H13N3O. The maximum Gasteiger partial charge on any atom is 0.182 e. The Hall–Kier alpha value is -1.19. The molecule has 0 aliphatic heterocycles. The van der Waals surface area contributed by atoms with Gasteiger partial charge in [-0.25, -0.2) is 4.68 Å². The normalized spacial score (nSPS) is 10.2. The van der Waals surface area contributed by atoms with E-state index in [1.807, 2.05) is 0 Å². The first-order valence-corrected chi connectivity index (χ1v) is 4.13. The largest absolute Gasteiger partial charge is 0.292 e. The number of Topliss-reactive ketones (excluding diaryl/α,β-unsaturated/α-hetero) is 1. The standard InChI is InChI=1S/C8H13N3O/c1-3-4-5-8(12)7-6-9-10-11(7)2/h6H,3-5H2,1-2H3. The summed E-state index contributed by atoms with van der Waals surface area (Å²) in [5.74, 6) is 0.129. The number of hydrogen-bond donors (Lipinski definition) is 0. The summed E-state index contributed by atoms with van der Waals surface area (Å²) in [6, 6.07) is 0. The second-order valence-corrected chi connectivity index (χ2v) is 2.77. The van der Waals surface area contributed by atoms with Crippen molar-refractivity contribution in [2.75, 3.05) is 0 Å². The molecule has 0 radical (unpaired) electrons. The van der Waals surface area contributed by atoms with Crippen molar-refractivity contribution < 1.29 is 4.79 Å². The van der Waals surface area contributed by atoms with E-state index in [2.05, 4.69) is 17.2 Å². The first kappa shape index (κ1) is 8.90. The van der Waals surface area contributed by atoms with Crippen molar-refractivity contribution in [3.8, 4) is 0 Å². The molecule has 0 saturated carbocycles. The summed E-state index contributed by atoms with van der Waals surface area (Å²) < 4.78 is 1.51. The van der Waals surface area contributed by atoms with Crippen LogP contribution in [0.2, 0.25) is 0 Å². The molecule has 12 heavy (non-hydrogen) atoms. The van der Waals surface area contributed by atoms with Crippen LogP contribution in [0.15, 0.2) is 6.20 Å². The first-order chi connectivity index (χ1) is 5.75. The van der Waals surface area contributed by atoms with Crippen molar-refractivity contribution in [2.24, 2.45) is 7.05 Å². The molecule has 0 N–H and O–H groups in total. The number of ketones is 1. The number of rotatable bonds is 4. The van der Waals surface area contributed by atoms with Gasteiger partial charge in [-0.1, -0.05) is 18.6 Å². The van der Waals surface area contributed by atoms with Gasteiger partial charge in [0.25, 0.3) is 0 Å². The summed E-state index contributed by atoms with van der Waals surface area (Å²) >= 11 is 0. The minimum Gasteiger partial charge on any atom is -0.292 e. The molecule has 0 aromatic carbocycles. The summed E-state index contributed by atoms with van der Waals surface area (Å²) in [5.41, 5.74) is 0.600. The van der Waals surface area contributed by atoms with Gasteiger partial charge in [-0.15, -0.1) is 5.10 Å². The Kier molecular flexibility index (Phi) is 2.96. The molecule has 0 unspecified atom stereocenters. The van der Waals surface area contributed by atoms with Gasteiger partial charge < -0.3 is 0 Å². The second-order valence-electron chi connectivity index (χ2n) is 2.77. The predicted molar refractivity (Wildman–Crippen MR) is 44.9 cm³/mol. The van der Waals surface area contributed by atoms with Crippen LogP contribution >= 0.6 is 0 Å². The Morgan fingerprint density at radius 1 is 1.67 bits per heavy atom. The average Bonchev–Trinajstić information content (AvgIpc) is 2.47. The molecule has 0 saturated heterocycles. The third kappa shape index (κ3) is 1.90. The second kappa shape index (κ2) is 3.99. The lowest BCUT2D eigenvalue weighted by atomic mass is 10.1. The van der Waals surface area contributed by atoms with Crippen molar-refractivity contribution in [1.29, 1.82) is 0 Å². The molecule has 0 spiro atoms. The molecule has 0 aliphatic rings. The van der Waals surface area contributed by atoms with Gasteiger partial charge in [0.15, 0.2) is 5.78 Å². The molecule has 1 heterocycles. The molecule has 1 aromatic heterocycles. The van der Waals surface area contributed by atoms with Gasteiger partial charge in [0.2, 0.25) is 0 Å². The third-order valence-corrected chi connectivity index (χ3v) is 1.76. The van der Waals surface area contributed by atoms with E-state index in [-0.39, 0.29) is 5.78 Å².